The molecule has 1 heterocycles. The van der Waals surface area contributed by atoms with Gasteiger partial charge in [0.25, 0.3) is 0 Å². The van der Waals surface area contributed by atoms with Gasteiger partial charge in [0, 0.05) is 44.8 Å². The first kappa shape index (κ1) is 13.8. The van der Waals surface area contributed by atoms with Crippen LogP contribution in [0.5, 0.6) is 0 Å². The molecule has 0 atom stereocenters. The molecular weight excluding hydrogens is 234 g/mol. The van der Waals surface area contributed by atoms with Crippen molar-refractivity contribution in [2.75, 3.05) is 39.3 Å². The summed E-state index contributed by atoms with van der Waals surface area (Å²) in [6, 6.07) is 0. The highest BCUT2D eigenvalue weighted by molar-refractivity contribution is 5.05. The summed E-state index contributed by atoms with van der Waals surface area (Å²) in [6.07, 6.45) is 5.62. The Balaban J connectivity index is 1.49. The van der Waals surface area contributed by atoms with Gasteiger partial charge in [-0.05, 0) is 43.4 Å². The molecule has 3 aliphatic rings. The predicted molar refractivity (Wildman–Crippen MR) is 80.1 cm³/mol. The van der Waals surface area contributed by atoms with Crippen molar-refractivity contribution in [1.29, 1.82) is 0 Å². The molecule has 0 unspecified atom stereocenters. The molecule has 2 saturated carbocycles. The third-order valence-electron chi connectivity index (χ3n) is 5.86. The molecule has 19 heavy (non-hydrogen) atoms. The zero-order chi connectivity index (χ0) is 13.5. The Morgan fingerprint density at radius 1 is 1.11 bits per heavy atom. The van der Waals surface area contributed by atoms with Crippen molar-refractivity contribution in [3.05, 3.63) is 0 Å². The SMILES string of the molecule is CC(C)C1CC(CN)(N2CCN(CC3CC3)CC2)C1. The number of hydrogen-bond acceptors (Lipinski definition) is 3. The lowest BCUT2D eigenvalue weighted by molar-refractivity contribution is -0.0573. The summed E-state index contributed by atoms with van der Waals surface area (Å²) in [6.45, 7) is 12.0. The molecule has 3 rings (SSSR count). The Bertz CT molecular complexity index is 297. The molecule has 0 amide bonds. The van der Waals surface area contributed by atoms with E-state index in [2.05, 4.69) is 23.6 Å². The van der Waals surface area contributed by atoms with Crippen LogP contribution in [-0.4, -0.2) is 54.6 Å². The monoisotopic (exact) mass is 265 g/mol. The minimum atomic E-state index is 0.362. The Morgan fingerprint density at radius 3 is 2.21 bits per heavy atom. The van der Waals surface area contributed by atoms with Crippen LogP contribution in [0.15, 0.2) is 0 Å². The largest absolute Gasteiger partial charge is 0.329 e. The van der Waals surface area contributed by atoms with Crippen molar-refractivity contribution < 1.29 is 0 Å². The number of hydrogen-bond donors (Lipinski definition) is 1. The highest BCUT2D eigenvalue weighted by Gasteiger charge is 2.48. The fourth-order valence-corrected chi connectivity index (χ4v) is 4.01. The minimum absolute atomic E-state index is 0.362. The van der Waals surface area contributed by atoms with Gasteiger partial charge in [0.15, 0.2) is 0 Å². The average Bonchev–Trinajstić information content (AvgIpc) is 3.14. The molecule has 3 heteroatoms. The maximum Gasteiger partial charge on any atom is 0.0338 e. The first-order chi connectivity index (χ1) is 9.13. The molecule has 0 aromatic rings. The van der Waals surface area contributed by atoms with E-state index in [9.17, 15) is 0 Å². The Kier molecular flexibility index (Phi) is 3.89. The maximum atomic E-state index is 6.13. The zero-order valence-electron chi connectivity index (χ0n) is 12.8. The lowest BCUT2D eigenvalue weighted by Crippen LogP contribution is -2.66. The highest BCUT2D eigenvalue weighted by Crippen LogP contribution is 2.45. The van der Waals surface area contributed by atoms with E-state index in [-0.39, 0.29) is 0 Å². The van der Waals surface area contributed by atoms with E-state index in [1.54, 1.807) is 0 Å². The van der Waals surface area contributed by atoms with E-state index in [1.165, 1.54) is 58.4 Å². The second-order valence-electron chi connectivity index (χ2n) is 7.57. The van der Waals surface area contributed by atoms with Crippen LogP contribution in [-0.2, 0) is 0 Å². The second-order valence-corrected chi connectivity index (χ2v) is 7.57. The third-order valence-corrected chi connectivity index (χ3v) is 5.86. The molecule has 110 valence electrons. The van der Waals surface area contributed by atoms with Crippen LogP contribution in [0.2, 0.25) is 0 Å². The van der Waals surface area contributed by atoms with Crippen molar-refractivity contribution in [2.24, 2.45) is 23.5 Å². The summed E-state index contributed by atoms with van der Waals surface area (Å²) < 4.78 is 0. The van der Waals surface area contributed by atoms with Crippen LogP contribution in [0.1, 0.15) is 39.5 Å². The highest BCUT2D eigenvalue weighted by atomic mass is 15.3. The zero-order valence-corrected chi connectivity index (χ0v) is 12.8. The second kappa shape index (κ2) is 5.34. The van der Waals surface area contributed by atoms with Gasteiger partial charge < -0.3 is 10.6 Å². The van der Waals surface area contributed by atoms with Crippen molar-refractivity contribution in [3.63, 3.8) is 0 Å². The summed E-state index contributed by atoms with van der Waals surface area (Å²) in [5, 5.41) is 0. The molecule has 0 radical (unpaired) electrons. The Hall–Kier alpha value is -0.120. The minimum Gasteiger partial charge on any atom is -0.329 e. The van der Waals surface area contributed by atoms with E-state index in [0.29, 0.717) is 5.54 Å². The van der Waals surface area contributed by atoms with Crippen molar-refractivity contribution in [2.45, 2.75) is 45.1 Å². The maximum absolute atomic E-state index is 6.13. The average molecular weight is 265 g/mol. The number of nitrogens with zero attached hydrogens (tertiary/aromatic N) is 2. The molecule has 0 spiro atoms. The van der Waals surface area contributed by atoms with Crippen molar-refractivity contribution >= 4 is 0 Å². The van der Waals surface area contributed by atoms with Crippen LogP contribution < -0.4 is 5.73 Å². The molecule has 2 aliphatic carbocycles. The summed E-state index contributed by atoms with van der Waals surface area (Å²) in [4.78, 5) is 5.40. The molecule has 0 bridgehead atoms. The molecule has 3 nitrogen and oxygen atoms in total. The van der Waals surface area contributed by atoms with Crippen LogP contribution in [0, 0.1) is 17.8 Å². The van der Waals surface area contributed by atoms with E-state index in [0.717, 1.165) is 24.3 Å². The quantitative estimate of drug-likeness (QED) is 0.822. The van der Waals surface area contributed by atoms with Gasteiger partial charge in [-0.2, -0.15) is 0 Å². The molecular formula is C16H31N3. The molecule has 3 fully saturated rings. The van der Waals surface area contributed by atoms with Gasteiger partial charge in [-0.15, -0.1) is 0 Å². The molecule has 1 aliphatic heterocycles. The van der Waals surface area contributed by atoms with Gasteiger partial charge in [0.05, 0.1) is 0 Å². The lowest BCUT2D eigenvalue weighted by Gasteiger charge is -2.57. The van der Waals surface area contributed by atoms with Gasteiger partial charge in [0.2, 0.25) is 0 Å². The van der Waals surface area contributed by atoms with Gasteiger partial charge in [0.1, 0.15) is 0 Å². The van der Waals surface area contributed by atoms with Gasteiger partial charge in [-0.25, -0.2) is 0 Å². The summed E-state index contributed by atoms with van der Waals surface area (Å²) in [5.74, 6) is 2.77. The van der Waals surface area contributed by atoms with E-state index < -0.39 is 0 Å². The van der Waals surface area contributed by atoms with E-state index in [1.807, 2.05) is 0 Å². The number of rotatable bonds is 5. The smallest absolute Gasteiger partial charge is 0.0338 e. The Labute approximate surface area is 118 Å². The topological polar surface area (TPSA) is 32.5 Å². The van der Waals surface area contributed by atoms with Crippen molar-refractivity contribution in [1.82, 2.24) is 9.80 Å². The fraction of sp³-hybridized carbons (Fsp3) is 1.00. The van der Waals surface area contributed by atoms with Crippen molar-refractivity contribution in [3.8, 4) is 0 Å². The summed E-state index contributed by atoms with van der Waals surface area (Å²) in [7, 11) is 0. The fourth-order valence-electron chi connectivity index (χ4n) is 4.01. The van der Waals surface area contributed by atoms with Crippen LogP contribution in [0.25, 0.3) is 0 Å². The molecule has 1 saturated heterocycles. The van der Waals surface area contributed by atoms with Gasteiger partial charge in [-0.3, -0.25) is 4.90 Å². The third kappa shape index (κ3) is 2.84. The van der Waals surface area contributed by atoms with Crippen LogP contribution in [0.3, 0.4) is 0 Å². The van der Waals surface area contributed by atoms with Crippen LogP contribution in [0.4, 0.5) is 0 Å². The van der Waals surface area contributed by atoms with E-state index >= 15 is 0 Å². The first-order valence-corrected chi connectivity index (χ1v) is 8.30. The van der Waals surface area contributed by atoms with Gasteiger partial charge in [-0.1, -0.05) is 13.8 Å². The first-order valence-electron chi connectivity index (χ1n) is 8.30. The summed E-state index contributed by atoms with van der Waals surface area (Å²) in [5.41, 5.74) is 6.49. The van der Waals surface area contributed by atoms with Crippen LogP contribution >= 0.6 is 0 Å². The summed E-state index contributed by atoms with van der Waals surface area (Å²) >= 11 is 0. The number of piperazine rings is 1. The standard InChI is InChI=1S/C16H31N3/c1-13(2)15-9-16(10-15,12-17)19-7-5-18(6-8-19)11-14-3-4-14/h13-15H,3-12,17H2,1-2H3. The normalized spacial score (nSPS) is 37.6. The van der Waals surface area contributed by atoms with E-state index in [4.69, 9.17) is 5.73 Å². The molecule has 2 N–H and O–H groups in total. The molecule has 0 aromatic heterocycles. The molecule has 0 aromatic carbocycles. The predicted octanol–water partition coefficient (Wildman–Crippen LogP) is 1.78. The Morgan fingerprint density at radius 2 is 1.74 bits per heavy atom. The lowest BCUT2D eigenvalue weighted by atomic mass is 9.63. The number of nitrogens with two attached hydrogens (primary N) is 1. The van der Waals surface area contributed by atoms with Gasteiger partial charge >= 0.3 is 0 Å².